The average molecular weight is 189 g/mol. The summed E-state index contributed by atoms with van der Waals surface area (Å²) in [6.45, 7) is 3.19. The van der Waals surface area contributed by atoms with E-state index in [2.05, 4.69) is 30.0 Å². The van der Waals surface area contributed by atoms with Crippen molar-refractivity contribution in [3.8, 4) is 5.75 Å². The number of ether oxygens (including phenoxy) is 1. The number of benzene rings is 1. The van der Waals surface area contributed by atoms with Crippen LogP contribution in [0, 0.1) is 0 Å². The number of anilines is 1. The summed E-state index contributed by atoms with van der Waals surface area (Å²) in [6.07, 6.45) is 3.02. The molecule has 1 aliphatic carbocycles. The topological polar surface area (TPSA) is 12.5 Å². The minimum atomic E-state index is 0.325. The van der Waals surface area contributed by atoms with Crippen molar-refractivity contribution >= 4 is 5.69 Å². The Kier molecular flexibility index (Phi) is 1.69. The van der Waals surface area contributed by atoms with E-state index in [1.807, 2.05) is 6.07 Å². The van der Waals surface area contributed by atoms with Crippen LogP contribution < -0.4 is 9.64 Å². The second-order valence-electron chi connectivity index (χ2n) is 4.28. The van der Waals surface area contributed by atoms with Crippen LogP contribution in [-0.4, -0.2) is 18.7 Å². The average Bonchev–Trinajstić information content (AvgIpc) is 2.99. The van der Waals surface area contributed by atoms with Gasteiger partial charge in [0.1, 0.15) is 11.9 Å². The molecule has 2 aliphatic rings. The highest BCUT2D eigenvalue weighted by Crippen LogP contribution is 2.39. The molecule has 1 aromatic carbocycles. The van der Waals surface area contributed by atoms with E-state index >= 15 is 0 Å². The summed E-state index contributed by atoms with van der Waals surface area (Å²) in [7, 11) is 0. The van der Waals surface area contributed by atoms with Crippen molar-refractivity contribution in [2.45, 2.75) is 31.9 Å². The molecule has 14 heavy (non-hydrogen) atoms. The number of fused-ring (bicyclic) bond motifs is 1. The molecular weight excluding hydrogens is 174 g/mol. The zero-order chi connectivity index (χ0) is 9.54. The van der Waals surface area contributed by atoms with Crippen molar-refractivity contribution in [2.75, 3.05) is 11.4 Å². The lowest BCUT2D eigenvalue weighted by Gasteiger charge is -2.35. The molecule has 0 amide bonds. The van der Waals surface area contributed by atoms with Crippen molar-refractivity contribution in [1.29, 1.82) is 0 Å². The summed E-state index contributed by atoms with van der Waals surface area (Å²) in [4.78, 5) is 2.50. The van der Waals surface area contributed by atoms with Gasteiger partial charge in [0.15, 0.2) is 0 Å². The van der Waals surface area contributed by atoms with Gasteiger partial charge in [-0.3, -0.25) is 0 Å². The summed E-state index contributed by atoms with van der Waals surface area (Å²) in [5, 5.41) is 0. The van der Waals surface area contributed by atoms with Crippen molar-refractivity contribution in [2.24, 2.45) is 0 Å². The van der Waals surface area contributed by atoms with Crippen LogP contribution in [0.1, 0.15) is 19.8 Å². The third-order valence-corrected chi connectivity index (χ3v) is 2.94. The van der Waals surface area contributed by atoms with Crippen molar-refractivity contribution in [3.05, 3.63) is 24.3 Å². The van der Waals surface area contributed by atoms with Gasteiger partial charge in [-0.25, -0.2) is 0 Å². The van der Waals surface area contributed by atoms with E-state index in [-0.39, 0.29) is 0 Å². The highest BCUT2D eigenvalue weighted by Gasteiger charge is 2.34. The predicted octanol–water partition coefficient (Wildman–Crippen LogP) is 2.44. The molecular formula is C12H15NO. The first-order valence-corrected chi connectivity index (χ1v) is 5.37. The highest BCUT2D eigenvalue weighted by molar-refractivity contribution is 5.61. The van der Waals surface area contributed by atoms with E-state index in [1.54, 1.807) is 0 Å². The largest absolute Gasteiger partial charge is 0.487 e. The van der Waals surface area contributed by atoms with Gasteiger partial charge in [0.2, 0.25) is 0 Å². The minimum Gasteiger partial charge on any atom is -0.487 e. The summed E-state index contributed by atoms with van der Waals surface area (Å²) in [5.41, 5.74) is 1.29. The van der Waals surface area contributed by atoms with Crippen LogP contribution in [0.5, 0.6) is 5.75 Å². The molecule has 0 radical (unpaired) electrons. The van der Waals surface area contributed by atoms with Gasteiger partial charge in [0, 0.05) is 6.04 Å². The summed E-state index contributed by atoms with van der Waals surface area (Å²) < 4.78 is 5.80. The van der Waals surface area contributed by atoms with Crippen LogP contribution in [0.15, 0.2) is 24.3 Å². The van der Waals surface area contributed by atoms with Crippen LogP contribution in [0.4, 0.5) is 5.69 Å². The van der Waals surface area contributed by atoms with Crippen LogP contribution in [0.25, 0.3) is 0 Å². The molecule has 1 aliphatic heterocycles. The molecule has 0 N–H and O–H groups in total. The molecule has 0 bridgehead atoms. The molecule has 2 heteroatoms. The van der Waals surface area contributed by atoms with Gasteiger partial charge in [-0.05, 0) is 31.9 Å². The SMILES string of the molecule is CC1CN(C2CC2)c2ccccc2O1. The quantitative estimate of drug-likeness (QED) is 0.672. The standard InChI is InChI=1S/C12H15NO/c1-9-8-13(10-6-7-10)11-4-2-3-5-12(11)14-9/h2-5,9-10H,6-8H2,1H3. The van der Waals surface area contributed by atoms with Crippen LogP contribution in [0.3, 0.4) is 0 Å². The number of hydrogen-bond donors (Lipinski definition) is 0. The molecule has 0 aromatic heterocycles. The van der Waals surface area contributed by atoms with Gasteiger partial charge in [-0.2, -0.15) is 0 Å². The van der Waals surface area contributed by atoms with Crippen LogP contribution in [0.2, 0.25) is 0 Å². The van der Waals surface area contributed by atoms with Gasteiger partial charge >= 0.3 is 0 Å². The fourth-order valence-corrected chi connectivity index (χ4v) is 2.16. The van der Waals surface area contributed by atoms with Gasteiger partial charge in [-0.1, -0.05) is 12.1 Å². The van der Waals surface area contributed by atoms with E-state index < -0.39 is 0 Å². The Morgan fingerprint density at radius 3 is 2.86 bits per heavy atom. The van der Waals surface area contributed by atoms with Gasteiger partial charge in [0.25, 0.3) is 0 Å². The monoisotopic (exact) mass is 189 g/mol. The molecule has 1 atom stereocenters. The lowest BCUT2D eigenvalue weighted by atomic mass is 10.2. The van der Waals surface area contributed by atoms with Crippen molar-refractivity contribution in [3.63, 3.8) is 0 Å². The molecule has 3 rings (SSSR count). The maximum absolute atomic E-state index is 5.80. The van der Waals surface area contributed by atoms with E-state index in [9.17, 15) is 0 Å². The lowest BCUT2D eigenvalue weighted by molar-refractivity contribution is 0.212. The molecule has 74 valence electrons. The Hall–Kier alpha value is -1.18. The van der Waals surface area contributed by atoms with E-state index in [4.69, 9.17) is 4.74 Å². The summed E-state index contributed by atoms with van der Waals surface area (Å²) >= 11 is 0. The zero-order valence-electron chi connectivity index (χ0n) is 8.44. The highest BCUT2D eigenvalue weighted by atomic mass is 16.5. The number of para-hydroxylation sites is 2. The lowest BCUT2D eigenvalue weighted by Crippen LogP contribution is -2.39. The maximum atomic E-state index is 5.80. The molecule has 1 heterocycles. The summed E-state index contributed by atoms with van der Waals surface area (Å²) in [6, 6.07) is 9.15. The normalized spacial score (nSPS) is 25.5. The minimum absolute atomic E-state index is 0.325. The molecule has 1 unspecified atom stereocenters. The Bertz CT molecular complexity index is 346. The molecule has 0 spiro atoms. The first-order chi connectivity index (χ1) is 6.84. The number of rotatable bonds is 1. The second-order valence-corrected chi connectivity index (χ2v) is 4.28. The second kappa shape index (κ2) is 2.91. The van der Waals surface area contributed by atoms with Gasteiger partial charge < -0.3 is 9.64 Å². The Morgan fingerprint density at radius 1 is 1.29 bits per heavy atom. The van der Waals surface area contributed by atoms with E-state index in [1.165, 1.54) is 18.5 Å². The third-order valence-electron chi connectivity index (χ3n) is 2.94. The molecule has 0 saturated heterocycles. The van der Waals surface area contributed by atoms with Crippen LogP contribution >= 0.6 is 0 Å². The van der Waals surface area contributed by atoms with Crippen LogP contribution in [-0.2, 0) is 0 Å². The van der Waals surface area contributed by atoms with Crippen molar-refractivity contribution < 1.29 is 4.74 Å². The smallest absolute Gasteiger partial charge is 0.143 e. The first kappa shape index (κ1) is 8.16. The first-order valence-electron chi connectivity index (χ1n) is 5.37. The molecule has 1 fully saturated rings. The third kappa shape index (κ3) is 1.26. The van der Waals surface area contributed by atoms with E-state index in [0.29, 0.717) is 6.10 Å². The Morgan fingerprint density at radius 2 is 2.07 bits per heavy atom. The van der Waals surface area contributed by atoms with Crippen molar-refractivity contribution in [1.82, 2.24) is 0 Å². The predicted molar refractivity (Wildman–Crippen MR) is 56.9 cm³/mol. The number of hydrogen-bond acceptors (Lipinski definition) is 2. The van der Waals surface area contributed by atoms with Gasteiger partial charge in [0.05, 0.1) is 12.2 Å². The number of nitrogens with zero attached hydrogens (tertiary/aromatic N) is 1. The van der Waals surface area contributed by atoms with Gasteiger partial charge in [-0.15, -0.1) is 0 Å². The summed E-state index contributed by atoms with van der Waals surface area (Å²) in [5.74, 6) is 1.05. The zero-order valence-corrected chi connectivity index (χ0v) is 8.44. The maximum Gasteiger partial charge on any atom is 0.143 e. The molecule has 1 saturated carbocycles. The Balaban J connectivity index is 2.00. The van der Waals surface area contributed by atoms with E-state index in [0.717, 1.165) is 18.3 Å². The molecule has 2 nitrogen and oxygen atoms in total. The Labute approximate surface area is 84.5 Å². The fraction of sp³-hybridized carbons (Fsp3) is 0.500. The fourth-order valence-electron chi connectivity index (χ4n) is 2.16. The molecule has 1 aromatic rings.